The van der Waals surface area contributed by atoms with E-state index in [-0.39, 0.29) is 17.8 Å². The number of carbonyl (C=O) groups excluding carboxylic acids is 3. The first kappa shape index (κ1) is 25.6. The SMILES string of the molecule is Cc1cccc(C(=O)N2CCC(CN3CCC(n4ccc5c(N6CCC(=O)NC6=O)cccc54)CC3)CC2)c1. The van der Waals surface area contributed by atoms with Crippen molar-refractivity contribution in [1.82, 2.24) is 19.7 Å². The molecule has 0 atom stereocenters. The van der Waals surface area contributed by atoms with Crippen LogP contribution in [-0.4, -0.2) is 71.5 Å². The van der Waals surface area contributed by atoms with Crippen molar-refractivity contribution in [2.45, 2.75) is 45.1 Å². The number of amides is 4. The molecule has 8 heteroatoms. The third-order valence-electron chi connectivity index (χ3n) is 8.72. The number of fused-ring (bicyclic) bond motifs is 1. The molecule has 4 amide bonds. The van der Waals surface area contributed by atoms with Gasteiger partial charge in [0.2, 0.25) is 5.91 Å². The molecule has 0 saturated carbocycles. The number of benzene rings is 2. The van der Waals surface area contributed by atoms with E-state index < -0.39 is 0 Å². The number of urea groups is 1. The molecule has 4 heterocycles. The molecule has 3 aliphatic rings. The Morgan fingerprint density at radius 2 is 1.69 bits per heavy atom. The van der Waals surface area contributed by atoms with E-state index in [1.54, 1.807) is 4.90 Å². The summed E-state index contributed by atoms with van der Waals surface area (Å²) in [7, 11) is 0. The maximum atomic E-state index is 12.9. The Balaban J connectivity index is 1.03. The molecule has 39 heavy (non-hydrogen) atoms. The van der Waals surface area contributed by atoms with E-state index in [0.29, 0.717) is 24.9 Å². The zero-order chi connectivity index (χ0) is 26.9. The fraction of sp³-hybridized carbons (Fsp3) is 0.452. The zero-order valence-corrected chi connectivity index (χ0v) is 22.6. The molecule has 2 aromatic carbocycles. The van der Waals surface area contributed by atoms with Crippen LogP contribution in [0.3, 0.4) is 0 Å². The summed E-state index contributed by atoms with van der Waals surface area (Å²) in [4.78, 5) is 43.3. The van der Waals surface area contributed by atoms with Crippen molar-refractivity contribution >= 4 is 34.4 Å². The van der Waals surface area contributed by atoms with Crippen LogP contribution in [0.2, 0.25) is 0 Å². The van der Waals surface area contributed by atoms with E-state index in [1.807, 2.05) is 48.2 Å². The molecule has 6 rings (SSSR count). The number of rotatable bonds is 5. The summed E-state index contributed by atoms with van der Waals surface area (Å²) in [6.07, 6.45) is 6.80. The predicted octanol–water partition coefficient (Wildman–Crippen LogP) is 4.59. The van der Waals surface area contributed by atoms with Crippen molar-refractivity contribution in [1.29, 1.82) is 0 Å². The Bertz CT molecular complexity index is 1380. The van der Waals surface area contributed by atoms with Gasteiger partial charge in [-0.25, -0.2) is 4.79 Å². The minimum absolute atomic E-state index is 0.162. The molecule has 0 spiro atoms. The number of carbonyl (C=O) groups is 3. The van der Waals surface area contributed by atoms with Crippen LogP contribution in [0.25, 0.3) is 10.9 Å². The largest absolute Gasteiger partial charge is 0.344 e. The van der Waals surface area contributed by atoms with E-state index in [9.17, 15) is 14.4 Å². The topological polar surface area (TPSA) is 77.9 Å². The van der Waals surface area contributed by atoms with E-state index >= 15 is 0 Å². The average Bonchev–Trinajstić information content (AvgIpc) is 3.38. The van der Waals surface area contributed by atoms with Crippen LogP contribution in [0, 0.1) is 12.8 Å². The fourth-order valence-corrected chi connectivity index (χ4v) is 6.54. The predicted molar refractivity (Wildman–Crippen MR) is 152 cm³/mol. The Kier molecular flexibility index (Phi) is 7.12. The number of piperidine rings is 2. The maximum absolute atomic E-state index is 12.9. The Hall–Kier alpha value is -3.65. The van der Waals surface area contributed by atoms with Crippen molar-refractivity contribution < 1.29 is 14.4 Å². The lowest BCUT2D eigenvalue weighted by Gasteiger charge is -2.38. The molecular weight excluding hydrogens is 490 g/mol. The lowest BCUT2D eigenvalue weighted by Crippen LogP contribution is -2.49. The highest BCUT2D eigenvalue weighted by molar-refractivity contribution is 6.09. The molecule has 204 valence electrons. The van der Waals surface area contributed by atoms with E-state index in [0.717, 1.165) is 86.1 Å². The van der Waals surface area contributed by atoms with Gasteiger partial charge in [-0.05, 0) is 68.9 Å². The summed E-state index contributed by atoms with van der Waals surface area (Å²) in [6, 6.07) is 16.2. The first-order chi connectivity index (χ1) is 19.0. The molecule has 0 aliphatic carbocycles. The highest BCUT2D eigenvalue weighted by Crippen LogP contribution is 2.34. The quantitative estimate of drug-likeness (QED) is 0.527. The van der Waals surface area contributed by atoms with Gasteiger partial charge in [-0.3, -0.25) is 19.8 Å². The molecule has 0 unspecified atom stereocenters. The minimum Gasteiger partial charge on any atom is -0.344 e. The highest BCUT2D eigenvalue weighted by atomic mass is 16.2. The third kappa shape index (κ3) is 5.30. The molecule has 3 fully saturated rings. The second-order valence-corrected chi connectivity index (χ2v) is 11.3. The van der Waals surface area contributed by atoms with E-state index in [2.05, 4.69) is 33.1 Å². The molecule has 1 aromatic heterocycles. The molecule has 0 bridgehead atoms. The van der Waals surface area contributed by atoms with Gasteiger partial charge in [0.25, 0.3) is 5.91 Å². The summed E-state index contributed by atoms with van der Waals surface area (Å²) in [6.45, 7) is 7.38. The minimum atomic E-state index is -0.342. The Morgan fingerprint density at radius 1 is 0.923 bits per heavy atom. The normalized spacial score (nSPS) is 20.0. The standard InChI is InChI=1S/C31H37N5O3/c1-22-4-2-5-24(20-22)30(38)34-16-8-23(9-17-34)21-33-14-10-25(11-15-33)35-18-12-26-27(35)6-3-7-28(26)36-19-13-29(37)32-31(36)39/h2-7,12,18,20,23,25H,8-11,13-17,19,21H2,1H3,(H,32,37,39). The number of hydrogen-bond donors (Lipinski definition) is 1. The Morgan fingerprint density at radius 3 is 2.44 bits per heavy atom. The number of imide groups is 1. The summed E-state index contributed by atoms with van der Waals surface area (Å²) in [5, 5.41) is 3.49. The van der Waals surface area contributed by atoms with Gasteiger partial charge in [0.05, 0.1) is 11.2 Å². The number of aryl methyl sites for hydroxylation is 1. The lowest BCUT2D eigenvalue weighted by molar-refractivity contribution is -0.120. The van der Waals surface area contributed by atoms with Crippen LogP contribution in [-0.2, 0) is 4.79 Å². The van der Waals surface area contributed by atoms with Crippen molar-refractivity contribution in [3.63, 3.8) is 0 Å². The van der Waals surface area contributed by atoms with Crippen molar-refractivity contribution in [2.75, 3.05) is 44.2 Å². The molecule has 8 nitrogen and oxygen atoms in total. The van der Waals surface area contributed by atoms with Crippen LogP contribution in [0.1, 0.15) is 54.1 Å². The average molecular weight is 528 g/mol. The van der Waals surface area contributed by atoms with Crippen LogP contribution in [0.4, 0.5) is 10.5 Å². The fourth-order valence-electron chi connectivity index (χ4n) is 6.54. The molecular formula is C31H37N5O3. The molecule has 1 N–H and O–H groups in total. The maximum Gasteiger partial charge on any atom is 0.328 e. The van der Waals surface area contributed by atoms with Gasteiger partial charge in [0.1, 0.15) is 0 Å². The van der Waals surface area contributed by atoms with Crippen molar-refractivity contribution in [3.05, 3.63) is 65.9 Å². The van der Waals surface area contributed by atoms with E-state index in [4.69, 9.17) is 0 Å². The zero-order valence-electron chi connectivity index (χ0n) is 22.6. The molecule has 3 saturated heterocycles. The van der Waals surface area contributed by atoms with Gasteiger partial charge in [0, 0.05) is 68.9 Å². The van der Waals surface area contributed by atoms with Crippen LogP contribution >= 0.6 is 0 Å². The van der Waals surface area contributed by atoms with Gasteiger partial charge < -0.3 is 14.4 Å². The summed E-state index contributed by atoms with van der Waals surface area (Å²) in [5.74, 6) is 0.587. The summed E-state index contributed by atoms with van der Waals surface area (Å²) >= 11 is 0. The van der Waals surface area contributed by atoms with E-state index in [1.165, 1.54) is 0 Å². The van der Waals surface area contributed by atoms with Crippen LogP contribution in [0.15, 0.2) is 54.7 Å². The second-order valence-electron chi connectivity index (χ2n) is 11.3. The number of nitrogens with one attached hydrogen (secondary N) is 1. The number of hydrogen-bond acceptors (Lipinski definition) is 4. The summed E-state index contributed by atoms with van der Waals surface area (Å²) in [5.41, 5.74) is 3.93. The van der Waals surface area contributed by atoms with Crippen LogP contribution in [0.5, 0.6) is 0 Å². The van der Waals surface area contributed by atoms with Gasteiger partial charge >= 0.3 is 6.03 Å². The first-order valence-corrected chi connectivity index (χ1v) is 14.3. The van der Waals surface area contributed by atoms with Crippen molar-refractivity contribution in [3.8, 4) is 0 Å². The van der Waals surface area contributed by atoms with Crippen molar-refractivity contribution in [2.24, 2.45) is 5.92 Å². The number of likely N-dealkylation sites (tertiary alicyclic amines) is 2. The first-order valence-electron chi connectivity index (χ1n) is 14.3. The number of aromatic nitrogens is 1. The highest BCUT2D eigenvalue weighted by Gasteiger charge is 2.29. The van der Waals surface area contributed by atoms with Gasteiger partial charge in [-0.15, -0.1) is 0 Å². The molecule has 3 aromatic rings. The van der Waals surface area contributed by atoms with Gasteiger partial charge in [-0.2, -0.15) is 0 Å². The van der Waals surface area contributed by atoms with Gasteiger partial charge in [-0.1, -0.05) is 23.8 Å². The molecule has 0 radical (unpaired) electrons. The van der Waals surface area contributed by atoms with Crippen LogP contribution < -0.4 is 10.2 Å². The number of nitrogens with zero attached hydrogens (tertiary/aromatic N) is 4. The monoisotopic (exact) mass is 527 g/mol. The third-order valence-corrected chi connectivity index (χ3v) is 8.72. The summed E-state index contributed by atoms with van der Waals surface area (Å²) < 4.78 is 2.37. The molecule has 3 aliphatic heterocycles. The van der Waals surface area contributed by atoms with Gasteiger partial charge in [0.15, 0.2) is 0 Å². The number of anilines is 1. The second kappa shape index (κ2) is 10.8. The Labute approximate surface area is 229 Å². The lowest BCUT2D eigenvalue weighted by atomic mass is 9.94. The smallest absolute Gasteiger partial charge is 0.328 e.